The summed E-state index contributed by atoms with van der Waals surface area (Å²) in [6.07, 6.45) is 9.31. The van der Waals surface area contributed by atoms with E-state index in [0.717, 1.165) is 45.2 Å². The number of rotatable bonds is 8. The molecule has 3 heteroatoms. The Hall–Kier alpha value is -0.570. The van der Waals surface area contributed by atoms with Crippen molar-refractivity contribution in [2.45, 2.75) is 71.3 Å². The van der Waals surface area contributed by atoms with Crippen LogP contribution in [0.2, 0.25) is 0 Å². The molecule has 1 unspecified atom stereocenters. The quantitative estimate of drug-likeness (QED) is 0.733. The summed E-state index contributed by atoms with van der Waals surface area (Å²) < 4.78 is 0. The van der Waals surface area contributed by atoms with Crippen LogP contribution in [0.15, 0.2) is 0 Å². The molecule has 1 heterocycles. The van der Waals surface area contributed by atoms with Gasteiger partial charge in [-0.2, -0.15) is 0 Å². The average Bonchev–Trinajstić information content (AvgIpc) is 2.45. The molecule has 3 nitrogen and oxygen atoms in total. The fourth-order valence-electron chi connectivity index (χ4n) is 3.03. The number of piperidine rings is 1. The van der Waals surface area contributed by atoms with E-state index in [1.807, 2.05) is 11.9 Å². The van der Waals surface area contributed by atoms with Gasteiger partial charge in [-0.25, -0.2) is 0 Å². The van der Waals surface area contributed by atoms with Crippen LogP contribution < -0.4 is 5.32 Å². The monoisotopic (exact) mass is 268 g/mol. The van der Waals surface area contributed by atoms with E-state index < -0.39 is 0 Å². The van der Waals surface area contributed by atoms with Gasteiger partial charge in [0.25, 0.3) is 0 Å². The molecule has 0 radical (unpaired) electrons. The Kier molecular flexibility index (Phi) is 8.11. The molecule has 1 amide bonds. The summed E-state index contributed by atoms with van der Waals surface area (Å²) in [5, 5.41) is 3.55. The fourth-order valence-corrected chi connectivity index (χ4v) is 3.03. The van der Waals surface area contributed by atoms with Crippen molar-refractivity contribution in [2.24, 2.45) is 5.92 Å². The molecule has 0 spiro atoms. The predicted molar refractivity (Wildman–Crippen MR) is 81.2 cm³/mol. The van der Waals surface area contributed by atoms with Crippen molar-refractivity contribution in [3.8, 4) is 0 Å². The molecular weight excluding hydrogens is 236 g/mol. The normalized spacial score (nSPS) is 19.7. The first-order valence-corrected chi connectivity index (χ1v) is 8.17. The maximum atomic E-state index is 12.4. The smallest absolute Gasteiger partial charge is 0.225 e. The van der Waals surface area contributed by atoms with Crippen LogP contribution >= 0.6 is 0 Å². The third-order valence-electron chi connectivity index (χ3n) is 4.23. The van der Waals surface area contributed by atoms with E-state index in [-0.39, 0.29) is 5.92 Å². The van der Waals surface area contributed by atoms with Crippen molar-refractivity contribution in [2.75, 3.05) is 20.1 Å². The van der Waals surface area contributed by atoms with Crippen LogP contribution in [0.3, 0.4) is 0 Å². The number of nitrogens with one attached hydrogen (secondary N) is 1. The second kappa shape index (κ2) is 9.35. The van der Waals surface area contributed by atoms with Gasteiger partial charge < -0.3 is 10.2 Å². The minimum absolute atomic E-state index is 0.249. The first kappa shape index (κ1) is 16.5. The van der Waals surface area contributed by atoms with Gasteiger partial charge in [-0.15, -0.1) is 0 Å². The van der Waals surface area contributed by atoms with E-state index in [9.17, 15) is 4.79 Å². The Bertz CT molecular complexity index is 243. The molecule has 0 aromatic carbocycles. The Labute approximate surface area is 119 Å². The van der Waals surface area contributed by atoms with Crippen LogP contribution in [0, 0.1) is 5.92 Å². The first-order chi connectivity index (χ1) is 9.19. The maximum Gasteiger partial charge on any atom is 0.225 e. The lowest BCUT2D eigenvalue weighted by Crippen LogP contribution is -2.39. The van der Waals surface area contributed by atoms with E-state index in [1.165, 1.54) is 19.3 Å². The largest absolute Gasteiger partial charge is 0.345 e. The van der Waals surface area contributed by atoms with Crippen LogP contribution in [0.5, 0.6) is 0 Å². The van der Waals surface area contributed by atoms with Crippen molar-refractivity contribution in [1.82, 2.24) is 10.2 Å². The molecule has 1 atom stereocenters. The summed E-state index contributed by atoms with van der Waals surface area (Å²) in [5.74, 6) is 0.610. The van der Waals surface area contributed by atoms with Gasteiger partial charge in [-0.05, 0) is 38.6 Å². The van der Waals surface area contributed by atoms with Crippen LogP contribution in [0.4, 0.5) is 0 Å². The molecule has 0 aromatic heterocycles. The highest BCUT2D eigenvalue weighted by atomic mass is 16.2. The van der Waals surface area contributed by atoms with E-state index in [2.05, 4.69) is 19.2 Å². The highest BCUT2D eigenvalue weighted by Gasteiger charge is 2.21. The summed E-state index contributed by atoms with van der Waals surface area (Å²) in [5.41, 5.74) is 0. The third-order valence-corrected chi connectivity index (χ3v) is 4.23. The molecule has 0 aliphatic carbocycles. The second-order valence-electron chi connectivity index (χ2n) is 5.97. The van der Waals surface area contributed by atoms with Crippen molar-refractivity contribution in [1.29, 1.82) is 0 Å². The SMILES string of the molecule is CCCC(CCC)C(=O)N(C)CCC1CCCCN1. The average molecular weight is 268 g/mol. The summed E-state index contributed by atoms with van der Waals surface area (Å²) in [6, 6.07) is 0.625. The van der Waals surface area contributed by atoms with E-state index in [1.54, 1.807) is 0 Å². The summed E-state index contributed by atoms with van der Waals surface area (Å²) in [7, 11) is 1.98. The van der Waals surface area contributed by atoms with Crippen LogP contribution in [0.25, 0.3) is 0 Å². The molecule has 1 aliphatic rings. The zero-order valence-corrected chi connectivity index (χ0v) is 13.1. The zero-order chi connectivity index (χ0) is 14.1. The van der Waals surface area contributed by atoms with Gasteiger partial charge in [0, 0.05) is 25.6 Å². The van der Waals surface area contributed by atoms with E-state index in [0.29, 0.717) is 11.9 Å². The van der Waals surface area contributed by atoms with Gasteiger partial charge in [0.1, 0.15) is 0 Å². The third kappa shape index (κ3) is 5.94. The first-order valence-electron chi connectivity index (χ1n) is 8.17. The number of hydrogen-bond acceptors (Lipinski definition) is 2. The van der Waals surface area contributed by atoms with Gasteiger partial charge in [-0.1, -0.05) is 33.1 Å². The van der Waals surface area contributed by atoms with Crippen molar-refractivity contribution in [3.05, 3.63) is 0 Å². The van der Waals surface area contributed by atoms with Gasteiger partial charge in [0.2, 0.25) is 5.91 Å². The summed E-state index contributed by atoms with van der Waals surface area (Å²) in [4.78, 5) is 14.4. The lowest BCUT2D eigenvalue weighted by molar-refractivity contribution is -0.134. The maximum absolute atomic E-state index is 12.4. The lowest BCUT2D eigenvalue weighted by Gasteiger charge is -2.28. The molecular formula is C16H32N2O. The van der Waals surface area contributed by atoms with Crippen molar-refractivity contribution < 1.29 is 4.79 Å². The molecule has 0 bridgehead atoms. The lowest BCUT2D eigenvalue weighted by atomic mass is 9.96. The number of amides is 1. The minimum Gasteiger partial charge on any atom is -0.345 e. The van der Waals surface area contributed by atoms with Gasteiger partial charge in [-0.3, -0.25) is 4.79 Å². The molecule has 1 fully saturated rings. The van der Waals surface area contributed by atoms with Crippen molar-refractivity contribution in [3.63, 3.8) is 0 Å². The molecule has 1 N–H and O–H groups in total. The summed E-state index contributed by atoms with van der Waals surface area (Å²) in [6.45, 7) is 6.39. The van der Waals surface area contributed by atoms with Gasteiger partial charge in [0.15, 0.2) is 0 Å². The van der Waals surface area contributed by atoms with Crippen LogP contribution in [-0.2, 0) is 4.79 Å². The Morgan fingerprint density at radius 2 is 1.95 bits per heavy atom. The van der Waals surface area contributed by atoms with Crippen LogP contribution in [-0.4, -0.2) is 37.0 Å². The number of hydrogen-bond donors (Lipinski definition) is 1. The van der Waals surface area contributed by atoms with Gasteiger partial charge in [0.05, 0.1) is 0 Å². The number of nitrogens with zero attached hydrogens (tertiary/aromatic N) is 1. The molecule has 1 aliphatic heterocycles. The van der Waals surface area contributed by atoms with E-state index >= 15 is 0 Å². The molecule has 1 saturated heterocycles. The molecule has 19 heavy (non-hydrogen) atoms. The Balaban J connectivity index is 2.32. The standard InChI is InChI=1S/C16H32N2O/c1-4-8-14(9-5-2)16(19)18(3)13-11-15-10-6-7-12-17-15/h14-15,17H,4-13H2,1-3H3. The Morgan fingerprint density at radius 3 is 2.47 bits per heavy atom. The highest BCUT2D eigenvalue weighted by molar-refractivity contribution is 5.78. The molecule has 112 valence electrons. The second-order valence-corrected chi connectivity index (χ2v) is 5.97. The zero-order valence-electron chi connectivity index (χ0n) is 13.1. The van der Waals surface area contributed by atoms with Gasteiger partial charge >= 0.3 is 0 Å². The number of carbonyl (C=O) groups is 1. The Morgan fingerprint density at radius 1 is 1.26 bits per heavy atom. The van der Waals surface area contributed by atoms with E-state index in [4.69, 9.17) is 0 Å². The highest BCUT2D eigenvalue weighted by Crippen LogP contribution is 2.17. The summed E-state index contributed by atoms with van der Waals surface area (Å²) >= 11 is 0. The van der Waals surface area contributed by atoms with Crippen LogP contribution in [0.1, 0.15) is 65.2 Å². The molecule has 0 saturated carbocycles. The number of carbonyl (C=O) groups excluding carboxylic acids is 1. The molecule has 0 aromatic rings. The topological polar surface area (TPSA) is 32.3 Å². The van der Waals surface area contributed by atoms with Crippen molar-refractivity contribution >= 4 is 5.91 Å². The minimum atomic E-state index is 0.249. The molecule has 1 rings (SSSR count). The fraction of sp³-hybridized carbons (Fsp3) is 0.938. The predicted octanol–water partition coefficient (Wildman–Crippen LogP) is 3.19.